The first-order valence-electron chi connectivity index (χ1n) is 6.02. The Labute approximate surface area is 103 Å². The zero-order chi connectivity index (χ0) is 12.9. The molecule has 1 atom stereocenters. The first-order valence-corrected chi connectivity index (χ1v) is 9.46. The van der Waals surface area contributed by atoms with Gasteiger partial charge in [0.1, 0.15) is 0 Å². The van der Waals surface area contributed by atoms with E-state index in [1.807, 2.05) is 13.8 Å². The minimum Gasteiger partial charge on any atom is -0.308 e. The van der Waals surface area contributed by atoms with E-state index in [0.717, 1.165) is 12.8 Å². The maximum atomic E-state index is 12.5. The molecule has 0 aliphatic carbocycles. The van der Waals surface area contributed by atoms with Crippen LogP contribution in [0.5, 0.6) is 0 Å². The number of rotatable bonds is 7. The summed E-state index contributed by atoms with van der Waals surface area (Å²) in [5, 5.41) is 0. The van der Waals surface area contributed by atoms with Crippen molar-refractivity contribution < 1.29 is 22.0 Å². The van der Waals surface area contributed by atoms with Crippen molar-refractivity contribution in [1.29, 1.82) is 0 Å². The van der Waals surface area contributed by atoms with Crippen molar-refractivity contribution in [2.45, 2.75) is 38.8 Å². The van der Waals surface area contributed by atoms with Crippen molar-refractivity contribution in [3.8, 4) is 0 Å². The van der Waals surface area contributed by atoms with E-state index in [2.05, 4.69) is 0 Å². The van der Waals surface area contributed by atoms with Gasteiger partial charge in [-0.05, 0) is 19.3 Å². The average molecular weight is 284 g/mol. The molecule has 7 heteroatoms. The SMILES string of the molecule is CCCOP(=O)(OCCC)C1CCS(=O)(=O)C1. The minimum absolute atomic E-state index is 0.0717. The Morgan fingerprint density at radius 3 is 2.06 bits per heavy atom. The van der Waals surface area contributed by atoms with Crippen LogP contribution in [0, 0.1) is 0 Å². The predicted octanol–water partition coefficient (Wildman–Crippen LogP) is 2.22. The molecule has 0 aromatic heterocycles. The summed E-state index contributed by atoms with van der Waals surface area (Å²) in [6.07, 6.45) is 1.85. The van der Waals surface area contributed by atoms with Crippen molar-refractivity contribution in [1.82, 2.24) is 0 Å². The third-order valence-corrected chi connectivity index (χ3v) is 7.04. The van der Waals surface area contributed by atoms with Gasteiger partial charge in [-0.15, -0.1) is 0 Å². The Bertz CT molecular complexity index is 366. The smallest absolute Gasteiger partial charge is 0.308 e. The summed E-state index contributed by atoms with van der Waals surface area (Å²) in [5.41, 5.74) is -0.481. The molecule has 17 heavy (non-hydrogen) atoms. The monoisotopic (exact) mass is 284 g/mol. The fourth-order valence-corrected chi connectivity index (χ4v) is 6.68. The molecule has 0 aromatic rings. The van der Waals surface area contributed by atoms with E-state index in [-0.39, 0.29) is 11.5 Å². The molecule has 1 aliphatic heterocycles. The first kappa shape index (κ1) is 15.2. The second kappa shape index (κ2) is 6.32. The fraction of sp³-hybridized carbons (Fsp3) is 1.00. The molecule has 1 fully saturated rings. The van der Waals surface area contributed by atoms with Gasteiger partial charge in [0, 0.05) is 0 Å². The van der Waals surface area contributed by atoms with Crippen LogP contribution in [0.4, 0.5) is 0 Å². The third-order valence-electron chi connectivity index (χ3n) is 2.61. The maximum absolute atomic E-state index is 12.5. The van der Waals surface area contributed by atoms with E-state index in [1.54, 1.807) is 0 Å². The van der Waals surface area contributed by atoms with Gasteiger partial charge in [-0.25, -0.2) is 8.42 Å². The summed E-state index contributed by atoms with van der Waals surface area (Å²) >= 11 is 0. The van der Waals surface area contributed by atoms with Gasteiger partial charge in [0.05, 0.1) is 30.4 Å². The standard InChI is InChI=1S/C10H21O5PS/c1-3-6-14-16(11,15-7-4-2)10-5-8-17(12,13)9-10/h10H,3-9H2,1-2H3. The predicted molar refractivity (Wildman–Crippen MR) is 67.2 cm³/mol. The molecular weight excluding hydrogens is 263 g/mol. The molecule has 1 aliphatic rings. The fourth-order valence-electron chi connectivity index (χ4n) is 1.71. The Morgan fingerprint density at radius 2 is 1.71 bits per heavy atom. The second-order valence-corrected chi connectivity index (χ2v) is 8.82. The molecule has 0 saturated carbocycles. The van der Waals surface area contributed by atoms with Crippen LogP contribution in [0.25, 0.3) is 0 Å². The lowest BCUT2D eigenvalue weighted by molar-refractivity contribution is 0.198. The van der Waals surface area contributed by atoms with Gasteiger partial charge in [-0.3, -0.25) is 4.57 Å². The first-order chi connectivity index (χ1) is 7.93. The zero-order valence-electron chi connectivity index (χ0n) is 10.4. The molecular formula is C10H21O5PS. The van der Waals surface area contributed by atoms with Gasteiger partial charge < -0.3 is 9.05 Å². The molecule has 0 bridgehead atoms. The number of hydrogen-bond donors (Lipinski definition) is 0. The van der Waals surface area contributed by atoms with E-state index in [1.165, 1.54) is 0 Å². The number of sulfone groups is 1. The highest BCUT2D eigenvalue weighted by Crippen LogP contribution is 2.56. The van der Waals surface area contributed by atoms with Crippen molar-refractivity contribution in [3.05, 3.63) is 0 Å². The Morgan fingerprint density at radius 1 is 1.18 bits per heavy atom. The number of hydrogen-bond acceptors (Lipinski definition) is 5. The summed E-state index contributed by atoms with van der Waals surface area (Å²) in [6, 6.07) is 0. The van der Waals surface area contributed by atoms with Crippen molar-refractivity contribution in [2.75, 3.05) is 24.7 Å². The maximum Gasteiger partial charge on any atom is 0.334 e. The van der Waals surface area contributed by atoms with Crippen LogP contribution in [-0.4, -0.2) is 38.8 Å². The van der Waals surface area contributed by atoms with E-state index in [4.69, 9.17) is 9.05 Å². The van der Waals surface area contributed by atoms with Gasteiger partial charge in [0.25, 0.3) is 0 Å². The highest BCUT2D eigenvalue weighted by atomic mass is 32.2. The van der Waals surface area contributed by atoms with Gasteiger partial charge >= 0.3 is 7.60 Å². The van der Waals surface area contributed by atoms with Crippen LogP contribution in [-0.2, 0) is 23.4 Å². The highest BCUT2D eigenvalue weighted by molar-refractivity contribution is 7.92. The summed E-state index contributed by atoms with van der Waals surface area (Å²) < 4.78 is 46.0. The van der Waals surface area contributed by atoms with Crippen molar-refractivity contribution in [2.24, 2.45) is 0 Å². The Balaban J connectivity index is 2.72. The van der Waals surface area contributed by atoms with Crippen molar-refractivity contribution in [3.63, 3.8) is 0 Å². The quantitative estimate of drug-likeness (QED) is 0.670. The van der Waals surface area contributed by atoms with Crippen LogP contribution < -0.4 is 0 Å². The van der Waals surface area contributed by atoms with Crippen LogP contribution in [0.3, 0.4) is 0 Å². The average Bonchev–Trinajstić information content (AvgIpc) is 2.65. The lowest BCUT2D eigenvalue weighted by Crippen LogP contribution is -2.15. The molecule has 0 aromatic carbocycles. The lowest BCUT2D eigenvalue weighted by Gasteiger charge is -2.22. The van der Waals surface area contributed by atoms with E-state index < -0.39 is 23.1 Å². The highest BCUT2D eigenvalue weighted by Gasteiger charge is 2.43. The van der Waals surface area contributed by atoms with E-state index >= 15 is 0 Å². The van der Waals surface area contributed by atoms with Crippen LogP contribution >= 0.6 is 7.60 Å². The van der Waals surface area contributed by atoms with E-state index in [0.29, 0.717) is 19.6 Å². The van der Waals surface area contributed by atoms with Gasteiger partial charge in [0.15, 0.2) is 9.84 Å². The molecule has 0 spiro atoms. The van der Waals surface area contributed by atoms with E-state index in [9.17, 15) is 13.0 Å². The third kappa shape index (κ3) is 4.36. The lowest BCUT2D eigenvalue weighted by atomic mass is 10.4. The van der Waals surface area contributed by atoms with Crippen LogP contribution in [0.2, 0.25) is 0 Å². The molecule has 1 saturated heterocycles. The van der Waals surface area contributed by atoms with Gasteiger partial charge in [-0.1, -0.05) is 13.8 Å². The minimum atomic E-state index is -3.26. The molecule has 102 valence electrons. The molecule has 1 heterocycles. The summed E-state index contributed by atoms with van der Waals surface area (Å²) in [7, 11) is -6.32. The van der Waals surface area contributed by atoms with Crippen LogP contribution in [0.15, 0.2) is 0 Å². The topological polar surface area (TPSA) is 69.7 Å². The Hall–Kier alpha value is 0.100. The summed E-state index contributed by atoms with van der Waals surface area (Å²) in [5.74, 6) is 0.0182. The zero-order valence-corrected chi connectivity index (χ0v) is 12.1. The molecule has 0 N–H and O–H groups in total. The second-order valence-electron chi connectivity index (χ2n) is 4.26. The summed E-state index contributed by atoms with van der Waals surface area (Å²) in [4.78, 5) is 0. The summed E-state index contributed by atoms with van der Waals surface area (Å²) in [6.45, 7) is 4.51. The molecule has 1 rings (SSSR count). The van der Waals surface area contributed by atoms with Crippen molar-refractivity contribution >= 4 is 17.4 Å². The van der Waals surface area contributed by atoms with Crippen LogP contribution in [0.1, 0.15) is 33.1 Å². The molecule has 1 unspecified atom stereocenters. The largest absolute Gasteiger partial charge is 0.334 e. The Kier molecular flexibility index (Phi) is 5.64. The normalized spacial score (nSPS) is 24.0. The van der Waals surface area contributed by atoms with Gasteiger partial charge in [-0.2, -0.15) is 0 Å². The molecule has 0 radical (unpaired) electrons. The molecule has 0 amide bonds. The molecule has 5 nitrogen and oxygen atoms in total. The van der Waals surface area contributed by atoms with Gasteiger partial charge in [0.2, 0.25) is 0 Å².